The minimum atomic E-state index is -0.371. The molecule has 0 fully saturated rings. The van der Waals surface area contributed by atoms with Crippen molar-refractivity contribution in [2.24, 2.45) is 5.73 Å². The second-order valence-electron chi connectivity index (χ2n) is 3.55. The zero-order valence-electron chi connectivity index (χ0n) is 9.15. The van der Waals surface area contributed by atoms with Gasteiger partial charge in [-0.2, -0.15) is 0 Å². The smallest absolute Gasteiger partial charge is 0.252 e. The molecule has 1 unspecified atom stereocenters. The van der Waals surface area contributed by atoms with Crippen molar-refractivity contribution in [3.63, 3.8) is 0 Å². The average Bonchev–Trinajstić information content (AvgIpc) is 2.21. The molecule has 0 aliphatic heterocycles. The maximum absolute atomic E-state index is 11.8. The van der Waals surface area contributed by atoms with Gasteiger partial charge in [0.15, 0.2) is 0 Å². The van der Waals surface area contributed by atoms with Gasteiger partial charge in [0.25, 0.3) is 5.91 Å². The zero-order chi connectivity index (χ0) is 12.3. The van der Waals surface area contributed by atoms with Gasteiger partial charge >= 0.3 is 0 Å². The standard InChI is InChI=1S/C11H14N2O2S/c1-6-8(4-3-5-9(6)14)11(15)13-7(2)10(12)16/h3-5,7,14H,1-2H3,(H2,12,16)(H,13,15). The Hall–Kier alpha value is -1.62. The minimum Gasteiger partial charge on any atom is -0.508 e. The summed E-state index contributed by atoms with van der Waals surface area (Å²) in [5.74, 6) is -0.204. The van der Waals surface area contributed by atoms with Crippen LogP contribution in [0.5, 0.6) is 5.75 Å². The van der Waals surface area contributed by atoms with E-state index in [0.29, 0.717) is 11.1 Å². The first kappa shape index (κ1) is 12.4. The van der Waals surface area contributed by atoms with E-state index in [9.17, 15) is 9.90 Å². The molecule has 16 heavy (non-hydrogen) atoms. The lowest BCUT2D eigenvalue weighted by Crippen LogP contribution is -2.41. The maximum Gasteiger partial charge on any atom is 0.252 e. The molecule has 4 nitrogen and oxygen atoms in total. The molecule has 0 aliphatic carbocycles. The number of hydrogen-bond acceptors (Lipinski definition) is 3. The Morgan fingerprint density at radius 3 is 2.75 bits per heavy atom. The van der Waals surface area contributed by atoms with Gasteiger partial charge in [-0.3, -0.25) is 4.79 Å². The van der Waals surface area contributed by atoms with Crippen LogP contribution in [0.1, 0.15) is 22.8 Å². The molecular weight excluding hydrogens is 224 g/mol. The maximum atomic E-state index is 11.8. The number of hydrogen-bond donors (Lipinski definition) is 3. The number of carbonyl (C=O) groups excluding carboxylic acids is 1. The summed E-state index contributed by atoms with van der Waals surface area (Å²) >= 11 is 4.76. The topological polar surface area (TPSA) is 75.3 Å². The molecule has 0 heterocycles. The molecule has 1 aromatic carbocycles. The second kappa shape index (κ2) is 4.94. The fourth-order valence-corrected chi connectivity index (χ4v) is 1.27. The van der Waals surface area contributed by atoms with Crippen LogP contribution < -0.4 is 11.1 Å². The van der Waals surface area contributed by atoms with E-state index in [1.165, 1.54) is 6.07 Å². The molecule has 0 saturated carbocycles. The SMILES string of the molecule is Cc1c(O)cccc1C(=O)NC(C)C(N)=S. The van der Waals surface area contributed by atoms with E-state index in [0.717, 1.165) is 0 Å². The molecule has 0 spiro atoms. The molecule has 0 aromatic heterocycles. The van der Waals surface area contributed by atoms with Crippen LogP contribution in [0.15, 0.2) is 18.2 Å². The number of thiocarbonyl (C=S) groups is 1. The predicted molar refractivity (Wildman–Crippen MR) is 66.6 cm³/mol. The van der Waals surface area contributed by atoms with Gasteiger partial charge in [-0.15, -0.1) is 0 Å². The summed E-state index contributed by atoms with van der Waals surface area (Å²) in [6.07, 6.45) is 0. The van der Waals surface area contributed by atoms with Crippen LogP contribution in [0.3, 0.4) is 0 Å². The summed E-state index contributed by atoms with van der Waals surface area (Å²) < 4.78 is 0. The monoisotopic (exact) mass is 238 g/mol. The van der Waals surface area contributed by atoms with Crippen LogP contribution >= 0.6 is 12.2 Å². The minimum absolute atomic E-state index is 0.0932. The number of phenols is 1. The average molecular weight is 238 g/mol. The number of carbonyl (C=O) groups is 1. The Kier molecular flexibility index (Phi) is 3.84. The third-order valence-corrected chi connectivity index (χ3v) is 2.68. The highest BCUT2D eigenvalue weighted by Gasteiger charge is 2.14. The van der Waals surface area contributed by atoms with Crippen molar-refractivity contribution in [2.75, 3.05) is 0 Å². The molecule has 1 atom stereocenters. The van der Waals surface area contributed by atoms with E-state index in [2.05, 4.69) is 5.32 Å². The van der Waals surface area contributed by atoms with Crippen molar-refractivity contribution in [1.29, 1.82) is 0 Å². The first-order valence-electron chi connectivity index (χ1n) is 4.82. The van der Waals surface area contributed by atoms with Crippen molar-refractivity contribution < 1.29 is 9.90 Å². The van der Waals surface area contributed by atoms with Gasteiger partial charge in [0.2, 0.25) is 0 Å². The van der Waals surface area contributed by atoms with Gasteiger partial charge in [0, 0.05) is 11.1 Å². The van der Waals surface area contributed by atoms with E-state index in [1.54, 1.807) is 26.0 Å². The summed E-state index contributed by atoms with van der Waals surface area (Å²) in [5, 5.41) is 12.1. The van der Waals surface area contributed by atoms with Crippen molar-refractivity contribution in [3.8, 4) is 5.75 Å². The Labute approximate surface area is 99.5 Å². The van der Waals surface area contributed by atoms with Crippen molar-refractivity contribution in [3.05, 3.63) is 29.3 Å². The highest BCUT2D eigenvalue weighted by molar-refractivity contribution is 7.80. The number of nitrogens with two attached hydrogens (primary N) is 1. The number of rotatable bonds is 3. The number of aromatic hydroxyl groups is 1. The fourth-order valence-electron chi connectivity index (χ4n) is 1.21. The van der Waals surface area contributed by atoms with Gasteiger partial charge in [0.1, 0.15) is 5.75 Å². The summed E-state index contributed by atoms with van der Waals surface area (Å²) in [7, 11) is 0. The lowest BCUT2D eigenvalue weighted by Gasteiger charge is -2.13. The summed E-state index contributed by atoms with van der Waals surface area (Å²) in [6.45, 7) is 3.38. The van der Waals surface area contributed by atoms with Crippen LogP contribution in [-0.4, -0.2) is 22.0 Å². The van der Waals surface area contributed by atoms with Gasteiger partial charge in [-0.25, -0.2) is 0 Å². The Balaban J connectivity index is 2.89. The summed E-state index contributed by atoms with van der Waals surface area (Å²) in [5.41, 5.74) is 6.35. The van der Waals surface area contributed by atoms with E-state index >= 15 is 0 Å². The van der Waals surface area contributed by atoms with E-state index in [1.807, 2.05) is 0 Å². The fraction of sp³-hybridized carbons (Fsp3) is 0.273. The highest BCUT2D eigenvalue weighted by Crippen LogP contribution is 2.19. The lowest BCUT2D eigenvalue weighted by atomic mass is 10.1. The normalized spacial score (nSPS) is 11.9. The number of phenolic OH excluding ortho intramolecular Hbond substituents is 1. The van der Waals surface area contributed by atoms with Crippen molar-refractivity contribution in [1.82, 2.24) is 5.32 Å². The Morgan fingerprint density at radius 1 is 1.56 bits per heavy atom. The van der Waals surface area contributed by atoms with Crippen LogP contribution in [0.25, 0.3) is 0 Å². The van der Waals surface area contributed by atoms with E-state index in [-0.39, 0.29) is 22.7 Å². The number of amides is 1. The molecule has 0 radical (unpaired) electrons. The van der Waals surface area contributed by atoms with Gasteiger partial charge in [-0.05, 0) is 26.0 Å². The molecule has 1 rings (SSSR count). The summed E-state index contributed by atoms with van der Waals surface area (Å²) in [6, 6.07) is 4.41. The van der Waals surface area contributed by atoms with Gasteiger partial charge in [-0.1, -0.05) is 18.3 Å². The Morgan fingerprint density at radius 2 is 2.19 bits per heavy atom. The largest absolute Gasteiger partial charge is 0.508 e. The quantitative estimate of drug-likeness (QED) is 0.689. The molecule has 5 heteroatoms. The van der Waals surface area contributed by atoms with Crippen LogP contribution in [0.2, 0.25) is 0 Å². The predicted octanol–water partition coefficient (Wildman–Crippen LogP) is 1.11. The molecule has 0 aliphatic rings. The third kappa shape index (κ3) is 2.70. The van der Waals surface area contributed by atoms with Crippen LogP contribution in [0, 0.1) is 6.92 Å². The highest BCUT2D eigenvalue weighted by atomic mass is 32.1. The summed E-state index contributed by atoms with van der Waals surface area (Å²) in [4.78, 5) is 12.0. The van der Waals surface area contributed by atoms with Gasteiger partial charge < -0.3 is 16.2 Å². The van der Waals surface area contributed by atoms with Crippen molar-refractivity contribution in [2.45, 2.75) is 19.9 Å². The second-order valence-corrected chi connectivity index (χ2v) is 4.02. The van der Waals surface area contributed by atoms with Crippen LogP contribution in [0.4, 0.5) is 0 Å². The molecule has 0 bridgehead atoms. The van der Waals surface area contributed by atoms with E-state index < -0.39 is 0 Å². The van der Waals surface area contributed by atoms with Crippen molar-refractivity contribution >= 4 is 23.1 Å². The first-order chi connectivity index (χ1) is 7.43. The van der Waals surface area contributed by atoms with Gasteiger partial charge in [0.05, 0.1) is 11.0 Å². The molecule has 1 aromatic rings. The van der Waals surface area contributed by atoms with Crippen LogP contribution in [-0.2, 0) is 0 Å². The molecule has 86 valence electrons. The molecule has 4 N–H and O–H groups in total. The first-order valence-corrected chi connectivity index (χ1v) is 5.23. The molecular formula is C11H14N2O2S. The third-order valence-electron chi connectivity index (χ3n) is 2.32. The lowest BCUT2D eigenvalue weighted by molar-refractivity contribution is 0.0948. The number of nitrogens with one attached hydrogen (secondary N) is 1. The number of benzene rings is 1. The molecule has 0 saturated heterocycles. The van der Waals surface area contributed by atoms with E-state index in [4.69, 9.17) is 18.0 Å². The Bertz CT molecular complexity index is 432. The zero-order valence-corrected chi connectivity index (χ0v) is 9.97. The molecule has 1 amide bonds.